The van der Waals surface area contributed by atoms with E-state index >= 15 is 0 Å². The molecule has 3 nitrogen and oxygen atoms in total. The Morgan fingerprint density at radius 1 is 0.960 bits per heavy atom. The molecule has 0 bridgehead atoms. The molecule has 0 spiro atoms. The van der Waals surface area contributed by atoms with Gasteiger partial charge in [-0.15, -0.1) is 0 Å². The molecule has 0 heterocycles. The molecule has 3 aromatic rings. The van der Waals surface area contributed by atoms with Crippen molar-refractivity contribution in [3.8, 4) is 0 Å². The van der Waals surface area contributed by atoms with Gasteiger partial charge in [0.25, 0.3) is 0 Å². The van der Waals surface area contributed by atoms with Gasteiger partial charge in [-0.3, -0.25) is 9.69 Å². The number of nitrogens with zero attached hydrogens (tertiary/aromatic N) is 1. The summed E-state index contributed by atoms with van der Waals surface area (Å²) in [5, 5.41) is 4.89. The first-order chi connectivity index (χ1) is 12.0. The molecule has 0 aliphatic carbocycles. The van der Waals surface area contributed by atoms with Crippen LogP contribution in [-0.4, -0.2) is 24.4 Å². The molecular formula is C20H18F2N2O. The summed E-state index contributed by atoms with van der Waals surface area (Å²) in [7, 11) is 1.83. The van der Waals surface area contributed by atoms with Gasteiger partial charge in [-0.05, 0) is 41.6 Å². The van der Waals surface area contributed by atoms with Crippen LogP contribution in [0, 0.1) is 11.6 Å². The lowest BCUT2D eigenvalue weighted by Gasteiger charge is -2.17. The van der Waals surface area contributed by atoms with Crippen molar-refractivity contribution in [1.82, 2.24) is 4.90 Å². The van der Waals surface area contributed by atoms with Crippen LogP contribution >= 0.6 is 0 Å². The van der Waals surface area contributed by atoms with Crippen molar-refractivity contribution in [2.24, 2.45) is 0 Å². The normalized spacial score (nSPS) is 11.0. The largest absolute Gasteiger partial charge is 0.325 e. The molecule has 1 N–H and O–H groups in total. The number of anilines is 1. The second-order valence-corrected chi connectivity index (χ2v) is 6.03. The molecule has 128 valence electrons. The number of hydrogen-bond acceptors (Lipinski definition) is 2. The van der Waals surface area contributed by atoms with E-state index in [0.717, 1.165) is 23.1 Å². The second-order valence-electron chi connectivity index (χ2n) is 6.03. The Morgan fingerprint density at radius 2 is 1.72 bits per heavy atom. The molecule has 0 aliphatic heterocycles. The Balaban J connectivity index is 1.59. The predicted molar refractivity (Wildman–Crippen MR) is 95.3 cm³/mol. The van der Waals surface area contributed by atoms with Gasteiger partial charge in [0, 0.05) is 18.3 Å². The van der Waals surface area contributed by atoms with Crippen molar-refractivity contribution in [3.05, 3.63) is 77.9 Å². The number of benzene rings is 3. The van der Waals surface area contributed by atoms with E-state index in [1.165, 1.54) is 11.5 Å². The van der Waals surface area contributed by atoms with E-state index in [9.17, 15) is 13.6 Å². The molecule has 3 rings (SSSR count). The van der Waals surface area contributed by atoms with Crippen LogP contribution in [0.1, 0.15) is 5.56 Å². The minimum absolute atomic E-state index is 0.145. The Bertz CT molecular complexity index is 911. The second kappa shape index (κ2) is 7.40. The van der Waals surface area contributed by atoms with Crippen LogP contribution in [-0.2, 0) is 11.3 Å². The lowest BCUT2D eigenvalue weighted by atomic mass is 10.1. The van der Waals surface area contributed by atoms with Crippen molar-refractivity contribution in [2.75, 3.05) is 18.9 Å². The van der Waals surface area contributed by atoms with Crippen molar-refractivity contribution in [3.63, 3.8) is 0 Å². The fourth-order valence-corrected chi connectivity index (χ4v) is 2.72. The van der Waals surface area contributed by atoms with Gasteiger partial charge < -0.3 is 5.32 Å². The smallest absolute Gasteiger partial charge is 0.238 e. The number of carbonyl (C=O) groups excluding carboxylic acids is 1. The van der Waals surface area contributed by atoms with E-state index in [1.54, 1.807) is 0 Å². The van der Waals surface area contributed by atoms with E-state index in [0.29, 0.717) is 6.54 Å². The third-order valence-corrected chi connectivity index (χ3v) is 3.88. The lowest BCUT2D eigenvalue weighted by Crippen LogP contribution is -2.29. The first-order valence-corrected chi connectivity index (χ1v) is 7.92. The molecule has 0 aromatic heterocycles. The topological polar surface area (TPSA) is 32.3 Å². The van der Waals surface area contributed by atoms with Gasteiger partial charge >= 0.3 is 0 Å². The molecule has 0 atom stereocenters. The highest BCUT2D eigenvalue weighted by Crippen LogP contribution is 2.17. The van der Waals surface area contributed by atoms with Gasteiger partial charge in [0.05, 0.1) is 6.54 Å². The molecule has 0 saturated heterocycles. The SMILES string of the molecule is CN(CC(=O)Nc1ccc(F)c(F)c1)Cc1ccc2ccccc2c1. The average Bonchev–Trinajstić information content (AvgIpc) is 2.58. The Hall–Kier alpha value is -2.79. The highest BCUT2D eigenvalue weighted by atomic mass is 19.2. The number of hydrogen-bond donors (Lipinski definition) is 1. The molecular weight excluding hydrogens is 322 g/mol. The lowest BCUT2D eigenvalue weighted by molar-refractivity contribution is -0.117. The van der Waals surface area contributed by atoms with Crippen molar-refractivity contribution in [1.29, 1.82) is 0 Å². The summed E-state index contributed by atoms with van der Waals surface area (Å²) >= 11 is 0. The summed E-state index contributed by atoms with van der Waals surface area (Å²) in [6.07, 6.45) is 0. The number of carbonyl (C=O) groups is 1. The first kappa shape index (κ1) is 17.0. The zero-order valence-corrected chi connectivity index (χ0v) is 13.8. The van der Waals surface area contributed by atoms with Gasteiger partial charge in [-0.25, -0.2) is 8.78 Å². The summed E-state index contributed by atoms with van der Waals surface area (Å²) in [5.41, 5.74) is 1.34. The fourth-order valence-electron chi connectivity index (χ4n) is 2.72. The van der Waals surface area contributed by atoms with E-state index in [1.807, 2.05) is 30.1 Å². The van der Waals surface area contributed by atoms with Crippen molar-refractivity contribution < 1.29 is 13.6 Å². The maximum Gasteiger partial charge on any atom is 0.238 e. The Morgan fingerprint density at radius 3 is 2.48 bits per heavy atom. The first-order valence-electron chi connectivity index (χ1n) is 7.92. The Labute approximate surface area is 144 Å². The minimum atomic E-state index is -0.984. The number of fused-ring (bicyclic) bond motifs is 1. The maximum atomic E-state index is 13.2. The summed E-state index contributed by atoms with van der Waals surface area (Å²) in [6, 6.07) is 17.6. The number of halogens is 2. The molecule has 1 amide bonds. The zero-order valence-electron chi connectivity index (χ0n) is 13.8. The van der Waals surface area contributed by atoms with E-state index < -0.39 is 11.6 Å². The molecule has 3 aromatic carbocycles. The Kier molecular flexibility index (Phi) is 5.05. The predicted octanol–water partition coefficient (Wildman–Crippen LogP) is 4.19. The van der Waals surface area contributed by atoms with E-state index in [4.69, 9.17) is 0 Å². The summed E-state index contributed by atoms with van der Waals surface area (Å²) in [6.45, 7) is 0.752. The van der Waals surface area contributed by atoms with Crippen molar-refractivity contribution in [2.45, 2.75) is 6.54 Å². The highest BCUT2D eigenvalue weighted by molar-refractivity contribution is 5.92. The highest BCUT2D eigenvalue weighted by Gasteiger charge is 2.10. The molecule has 0 fully saturated rings. The van der Waals surface area contributed by atoms with Crippen LogP contribution in [0.4, 0.5) is 14.5 Å². The van der Waals surface area contributed by atoms with Crippen LogP contribution in [0.3, 0.4) is 0 Å². The summed E-state index contributed by atoms with van der Waals surface area (Å²) in [4.78, 5) is 13.9. The molecule has 0 radical (unpaired) electrons. The molecule has 5 heteroatoms. The number of rotatable bonds is 5. The molecule has 0 saturated carbocycles. The zero-order chi connectivity index (χ0) is 17.8. The molecule has 25 heavy (non-hydrogen) atoms. The van der Waals surface area contributed by atoms with Crippen LogP contribution in [0.5, 0.6) is 0 Å². The number of nitrogens with one attached hydrogen (secondary N) is 1. The fraction of sp³-hybridized carbons (Fsp3) is 0.150. The minimum Gasteiger partial charge on any atom is -0.325 e. The van der Waals surface area contributed by atoms with Crippen LogP contribution in [0.2, 0.25) is 0 Å². The summed E-state index contributed by atoms with van der Waals surface area (Å²) < 4.78 is 26.1. The van der Waals surface area contributed by atoms with Crippen LogP contribution in [0.15, 0.2) is 60.7 Å². The maximum absolute atomic E-state index is 13.2. The average molecular weight is 340 g/mol. The van der Waals surface area contributed by atoms with Gasteiger partial charge in [-0.2, -0.15) is 0 Å². The molecule has 0 unspecified atom stereocenters. The van der Waals surface area contributed by atoms with Crippen molar-refractivity contribution >= 4 is 22.4 Å². The van der Waals surface area contributed by atoms with Gasteiger partial charge in [0.2, 0.25) is 5.91 Å². The van der Waals surface area contributed by atoms with E-state index in [-0.39, 0.29) is 18.1 Å². The number of likely N-dealkylation sites (N-methyl/N-ethyl adjacent to an activating group) is 1. The van der Waals surface area contributed by atoms with Gasteiger partial charge in [0.1, 0.15) is 0 Å². The quantitative estimate of drug-likeness (QED) is 0.755. The third-order valence-electron chi connectivity index (χ3n) is 3.88. The number of amides is 1. The standard InChI is InChI=1S/C20H18F2N2O/c1-24(12-14-6-7-15-4-2-3-5-16(15)10-14)13-20(25)23-17-8-9-18(21)19(22)11-17/h2-11H,12-13H2,1H3,(H,23,25). The van der Waals surface area contributed by atoms with Gasteiger partial charge in [0.15, 0.2) is 11.6 Å². The third kappa shape index (κ3) is 4.39. The monoisotopic (exact) mass is 340 g/mol. The van der Waals surface area contributed by atoms with Crippen LogP contribution < -0.4 is 5.32 Å². The van der Waals surface area contributed by atoms with E-state index in [2.05, 4.69) is 29.6 Å². The van der Waals surface area contributed by atoms with Gasteiger partial charge in [-0.1, -0.05) is 36.4 Å². The summed E-state index contributed by atoms with van der Waals surface area (Å²) in [5.74, 6) is -2.21. The molecule has 0 aliphatic rings. The van der Waals surface area contributed by atoms with Crippen LogP contribution in [0.25, 0.3) is 10.8 Å².